The van der Waals surface area contributed by atoms with Crippen LogP contribution in [0.25, 0.3) is 26.8 Å². The Bertz CT molecular complexity index is 984. The number of rotatable bonds is 2. The van der Waals surface area contributed by atoms with E-state index in [1.54, 1.807) is 22.2 Å². The van der Waals surface area contributed by atoms with Gasteiger partial charge in [-0.25, -0.2) is 4.68 Å². The van der Waals surface area contributed by atoms with Gasteiger partial charge >= 0.3 is 0 Å². The molecule has 3 aromatic heterocycles. The molecule has 1 aliphatic carbocycles. The number of hydrogen-bond acceptors (Lipinski definition) is 3. The monoisotopic (exact) mass is 311 g/mol. The molecule has 0 aliphatic heterocycles. The summed E-state index contributed by atoms with van der Waals surface area (Å²) in [5.74, 6) is 0.562. The minimum atomic E-state index is -0.00885. The predicted molar refractivity (Wildman–Crippen MR) is 92.2 cm³/mol. The number of thiophene rings is 1. The van der Waals surface area contributed by atoms with Crippen LogP contribution in [0.1, 0.15) is 26.7 Å². The van der Waals surface area contributed by atoms with Crippen LogP contribution in [0.3, 0.4) is 0 Å². The molecule has 3 heterocycles. The van der Waals surface area contributed by atoms with Gasteiger partial charge in [-0.2, -0.15) is 0 Å². The highest BCUT2D eigenvalue weighted by atomic mass is 32.1. The maximum absolute atomic E-state index is 12.6. The third-order valence-electron chi connectivity index (χ3n) is 4.31. The standard InChI is InChI=1S/C17H17N3OS/c1-10(2)11-3-5-12(6-4-11)20-17(21)13-9-18-14-7-8-22-16(14)15(13)19-20/h3,6-10,19H,4-5H2,1-2H3. The molecule has 0 unspecified atom stereocenters. The molecule has 4 rings (SSSR count). The summed E-state index contributed by atoms with van der Waals surface area (Å²) in [5.41, 5.74) is 4.28. The fourth-order valence-corrected chi connectivity index (χ4v) is 3.81. The molecular weight excluding hydrogens is 294 g/mol. The lowest BCUT2D eigenvalue weighted by molar-refractivity contribution is 0.730. The second-order valence-corrected chi connectivity index (χ2v) is 6.89. The lowest BCUT2D eigenvalue weighted by Crippen LogP contribution is -2.17. The van der Waals surface area contributed by atoms with E-state index in [1.165, 1.54) is 5.57 Å². The lowest BCUT2D eigenvalue weighted by Gasteiger charge is -2.16. The van der Waals surface area contributed by atoms with Gasteiger partial charge in [0.15, 0.2) is 0 Å². The van der Waals surface area contributed by atoms with E-state index in [1.807, 2.05) is 11.4 Å². The summed E-state index contributed by atoms with van der Waals surface area (Å²) in [5, 5.41) is 5.95. The van der Waals surface area contributed by atoms with Crippen molar-refractivity contribution in [3.63, 3.8) is 0 Å². The van der Waals surface area contributed by atoms with Gasteiger partial charge in [0.1, 0.15) is 0 Å². The zero-order valence-electron chi connectivity index (χ0n) is 12.6. The maximum atomic E-state index is 12.6. The van der Waals surface area contributed by atoms with Gasteiger partial charge in [-0.3, -0.25) is 14.9 Å². The highest BCUT2D eigenvalue weighted by molar-refractivity contribution is 7.18. The quantitative estimate of drug-likeness (QED) is 0.723. The molecule has 5 heteroatoms. The van der Waals surface area contributed by atoms with Crippen molar-refractivity contribution in [1.29, 1.82) is 0 Å². The van der Waals surface area contributed by atoms with E-state index < -0.39 is 0 Å². The second-order valence-electron chi connectivity index (χ2n) is 5.97. The number of pyridine rings is 1. The van der Waals surface area contributed by atoms with Gasteiger partial charge in [0, 0.05) is 18.3 Å². The van der Waals surface area contributed by atoms with Crippen molar-refractivity contribution in [2.45, 2.75) is 26.7 Å². The van der Waals surface area contributed by atoms with E-state index >= 15 is 0 Å². The molecule has 0 saturated carbocycles. The Morgan fingerprint density at radius 3 is 2.91 bits per heavy atom. The molecular formula is C17H17N3OS. The van der Waals surface area contributed by atoms with Crippen molar-refractivity contribution >= 4 is 38.2 Å². The van der Waals surface area contributed by atoms with Crippen molar-refractivity contribution in [2.24, 2.45) is 5.92 Å². The average molecular weight is 311 g/mol. The van der Waals surface area contributed by atoms with E-state index in [0.717, 1.165) is 34.3 Å². The van der Waals surface area contributed by atoms with Gasteiger partial charge in [-0.05, 0) is 23.8 Å². The third kappa shape index (κ3) is 1.96. The fourth-order valence-electron chi connectivity index (χ4n) is 2.96. The largest absolute Gasteiger partial charge is 0.289 e. The molecule has 0 spiro atoms. The molecule has 0 amide bonds. The van der Waals surface area contributed by atoms with Gasteiger partial charge in [-0.15, -0.1) is 11.3 Å². The van der Waals surface area contributed by atoms with Crippen LogP contribution < -0.4 is 5.56 Å². The van der Waals surface area contributed by atoms with Gasteiger partial charge in [0.25, 0.3) is 5.56 Å². The molecule has 112 valence electrons. The van der Waals surface area contributed by atoms with Gasteiger partial charge < -0.3 is 0 Å². The van der Waals surface area contributed by atoms with Crippen LogP contribution in [-0.4, -0.2) is 14.8 Å². The molecule has 1 N–H and O–H groups in total. The highest BCUT2D eigenvalue weighted by Crippen LogP contribution is 2.28. The third-order valence-corrected chi connectivity index (χ3v) is 5.23. The van der Waals surface area contributed by atoms with E-state index in [-0.39, 0.29) is 5.56 Å². The Kier molecular flexibility index (Phi) is 3.04. The minimum Gasteiger partial charge on any atom is -0.289 e. The predicted octanol–water partition coefficient (Wildman–Crippen LogP) is 4.16. The number of aromatic nitrogens is 3. The number of aromatic amines is 1. The van der Waals surface area contributed by atoms with Crippen molar-refractivity contribution in [2.75, 3.05) is 0 Å². The van der Waals surface area contributed by atoms with Crippen LogP contribution in [0.5, 0.6) is 0 Å². The van der Waals surface area contributed by atoms with Crippen molar-refractivity contribution in [3.8, 4) is 0 Å². The van der Waals surface area contributed by atoms with E-state index in [0.29, 0.717) is 11.3 Å². The Hall–Kier alpha value is -2.14. The Labute approximate surface area is 131 Å². The minimum absolute atomic E-state index is 0.00885. The first-order valence-electron chi connectivity index (χ1n) is 7.50. The van der Waals surface area contributed by atoms with Gasteiger partial charge in [0.2, 0.25) is 0 Å². The lowest BCUT2D eigenvalue weighted by atomic mass is 9.94. The molecule has 0 aromatic carbocycles. The number of hydrogen-bond donors (Lipinski definition) is 1. The summed E-state index contributed by atoms with van der Waals surface area (Å²) < 4.78 is 2.72. The summed E-state index contributed by atoms with van der Waals surface area (Å²) in [4.78, 5) is 17.0. The van der Waals surface area contributed by atoms with Crippen LogP contribution in [0.2, 0.25) is 0 Å². The Morgan fingerprint density at radius 1 is 1.32 bits per heavy atom. The summed E-state index contributed by atoms with van der Waals surface area (Å²) in [6.45, 7) is 4.41. The number of fused-ring (bicyclic) bond motifs is 3. The number of H-pyrrole nitrogens is 1. The number of nitrogens with zero attached hydrogens (tertiary/aromatic N) is 2. The average Bonchev–Trinajstić information content (AvgIpc) is 3.12. The van der Waals surface area contributed by atoms with Crippen LogP contribution in [0.15, 0.2) is 40.2 Å². The van der Waals surface area contributed by atoms with Crippen molar-refractivity contribution in [1.82, 2.24) is 14.8 Å². The van der Waals surface area contributed by atoms with E-state index in [4.69, 9.17) is 0 Å². The fraction of sp³-hybridized carbons (Fsp3) is 0.294. The van der Waals surface area contributed by atoms with Crippen molar-refractivity contribution < 1.29 is 0 Å². The molecule has 0 atom stereocenters. The summed E-state index contributed by atoms with van der Waals surface area (Å²) in [7, 11) is 0. The summed E-state index contributed by atoms with van der Waals surface area (Å²) >= 11 is 1.61. The van der Waals surface area contributed by atoms with Gasteiger partial charge in [-0.1, -0.05) is 31.6 Å². The Balaban J connectivity index is 1.83. The molecule has 3 aromatic rings. The molecule has 22 heavy (non-hydrogen) atoms. The normalized spacial score (nSPS) is 15.6. The zero-order chi connectivity index (χ0) is 15.3. The molecule has 1 aliphatic rings. The first kappa shape index (κ1) is 13.5. The first-order chi connectivity index (χ1) is 10.6. The topological polar surface area (TPSA) is 50.7 Å². The molecule has 0 saturated heterocycles. The summed E-state index contributed by atoms with van der Waals surface area (Å²) in [6, 6.07) is 1.98. The van der Waals surface area contributed by atoms with Crippen LogP contribution in [0, 0.1) is 5.92 Å². The zero-order valence-corrected chi connectivity index (χ0v) is 13.4. The smallest absolute Gasteiger partial charge is 0.280 e. The maximum Gasteiger partial charge on any atom is 0.280 e. The second kappa shape index (κ2) is 4.95. The van der Waals surface area contributed by atoms with Gasteiger partial charge in [0.05, 0.1) is 21.1 Å². The number of nitrogens with one attached hydrogen (secondary N) is 1. The van der Waals surface area contributed by atoms with Crippen LogP contribution in [0.4, 0.5) is 0 Å². The van der Waals surface area contributed by atoms with Crippen molar-refractivity contribution in [3.05, 3.63) is 45.7 Å². The first-order valence-corrected chi connectivity index (χ1v) is 8.38. The molecule has 0 fully saturated rings. The van der Waals surface area contributed by atoms with Crippen LogP contribution >= 0.6 is 11.3 Å². The molecule has 4 nitrogen and oxygen atoms in total. The van der Waals surface area contributed by atoms with E-state index in [9.17, 15) is 4.79 Å². The molecule has 0 radical (unpaired) electrons. The van der Waals surface area contributed by atoms with E-state index in [2.05, 4.69) is 36.1 Å². The highest BCUT2D eigenvalue weighted by Gasteiger charge is 2.16. The Morgan fingerprint density at radius 2 is 2.18 bits per heavy atom. The van der Waals surface area contributed by atoms with Crippen LogP contribution in [-0.2, 0) is 0 Å². The SMILES string of the molecule is CC(C)C1=CCC(n2[nH]c3c(cnc4ccsc43)c2=O)=CC1. The molecule has 0 bridgehead atoms. The summed E-state index contributed by atoms with van der Waals surface area (Å²) in [6.07, 6.45) is 7.79. The number of allylic oxidation sites excluding steroid dienone is 4.